The van der Waals surface area contributed by atoms with E-state index in [-0.39, 0.29) is 30.7 Å². The summed E-state index contributed by atoms with van der Waals surface area (Å²) in [4.78, 5) is 19.1. The van der Waals surface area contributed by atoms with Crippen LogP contribution in [0.5, 0.6) is 5.88 Å². The Kier molecular flexibility index (Phi) is 6.08. The third kappa shape index (κ3) is 4.90. The predicted molar refractivity (Wildman–Crippen MR) is 107 cm³/mol. The Bertz CT molecular complexity index is 838. The Morgan fingerprint density at radius 2 is 2.00 bits per heavy atom. The molecule has 2 atom stereocenters. The van der Waals surface area contributed by atoms with E-state index in [0.717, 1.165) is 43.9 Å². The SMILES string of the molecule is CS(=O)(=O)N[C@H]1CCCN2C(=O)COc3ncccc3[C@H]3CC[C@H](CC3)OC[C@@H]12. The maximum Gasteiger partial charge on any atom is 0.260 e. The number of hydrogen-bond donors (Lipinski definition) is 1. The normalized spacial score (nSPS) is 30.9. The Labute approximate surface area is 172 Å². The van der Waals surface area contributed by atoms with Gasteiger partial charge < -0.3 is 14.4 Å². The Balaban J connectivity index is 1.61. The summed E-state index contributed by atoms with van der Waals surface area (Å²) in [6.45, 7) is 0.794. The van der Waals surface area contributed by atoms with Crippen LogP contribution in [0.4, 0.5) is 0 Å². The molecule has 160 valence electrons. The van der Waals surface area contributed by atoms with E-state index in [9.17, 15) is 13.2 Å². The monoisotopic (exact) mass is 423 g/mol. The number of pyridine rings is 1. The third-order valence-corrected chi connectivity index (χ3v) is 6.95. The first-order valence-electron chi connectivity index (χ1n) is 10.4. The smallest absolute Gasteiger partial charge is 0.260 e. The molecule has 0 radical (unpaired) electrons. The van der Waals surface area contributed by atoms with Crippen LogP contribution in [0.25, 0.3) is 0 Å². The largest absolute Gasteiger partial charge is 0.467 e. The van der Waals surface area contributed by atoms with Gasteiger partial charge in [0, 0.05) is 24.3 Å². The average Bonchev–Trinajstić information content (AvgIpc) is 2.71. The molecule has 1 aliphatic carbocycles. The molecule has 0 spiro atoms. The van der Waals surface area contributed by atoms with E-state index >= 15 is 0 Å². The lowest BCUT2D eigenvalue weighted by molar-refractivity contribution is -0.140. The molecule has 0 aromatic carbocycles. The van der Waals surface area contributed by atoms with Gasteiger partial charge in [-0.25, -0.2) is 18.1 Å². The molecule has 3 aliphatic heterocycles. The number of aromatic nitrogens is 1. The van der Waals surface area contributed by atoms with Crippen molar-refractivity contribution in [2.75, 3.05) is 26.0 Å². The second-order valence-corrected chi connectivity index (χ2v) is 10.1. The third-order valence-electron chi connectivity index (χ3n) is 6.21. The van der Waals surface area contributed by atoms with E-state index in [1.165, 1.54) is 0 Å². The minimum atomic E-state index is -3.38. The first-order chi connectivity index (χ1) is 13.9. The number of fused-ring (bicyclic) bond motifs is 5. The summed E-state index contributed by atoms with van der Waals surface area (Å²) in [7, 11) is -3.38. The van der Waals surface area contributed by atoms with Crippen LogP contribution < -0.4 is 9.46 Å². The first kappa shape index (κ1) is 20.6. The van der Waals surface area contributed by atoms with E-state index in [0.29, 0.717) is 31.4 Å². The van der Waals surface area contributed by atoms with Gasteiger partial charge in [-0.2, -0.15) is 0 Å². The van der Waals surface area contributed by atoms with Gasteiger partial charge in [-0.15, -0.1) is 0 Å². The fourth-order valence-corrected chi connectivity index (χ4v) is 5.63. The summed E-state index contributed by atoms with van der Waals surface area (Å²) in [5.74, 6) is 0.724. The zero-order valence-corrected chi connectivity index (χ0v) is 17.6. The van der Waals surface area contributed by atoms with Crippen molar-refractivity contribution in [3.8, 4) is 5.88 Å². The summed E-state index contributed by atoms with van der Waals surface area (Å²) >= 11 is 0. The van der Waals surface area contributed by atoms with Crippen LogP contribution in [0.15, 0.2) is 18.3 Å². The molecule has 1 saturated heterocycles. The molecule has 9 heteroatoms. The molecule has 29 heavy (non-hydrogen) atoms. The molecule has 4 heterocycles. The van der Waals surface area contributed by atoms with Crippen molar-refractivity contribution < 1.29 is 22.7 Å². The lowest BCUT2D eigenvalue weighted by Gasteiger charge is -2.41. The van der Waals surface area contributed by atoms with Crippen molar-refractivity contribution in [2.45, 2.75) is 62.6 Å². The van der Waals surface area contributed by atoms with E-state index in [2.05, 4.69) is 9.71 Å². The van der Waals surface area contributed by atoms with Crippen LogP contribution in [0.2, 0.25) is 0 Å². The van der Waals surface area contributed by atoms with Gasteiger partial charge in [-0.3, -0.25) is 4.79 Å². The van der Waals surface area contributed by atoms with Crippen molar-refractivity contribution in [3.63, 3.8) is 0 Å². The fourth-order valence-electron chi connectivity index (χ4n) is 4.81. The van der Waals surface area contributed by atoms with E-state index in [4.69, 9.17) is 9.47 Å². The molecule has 4 aliphatic rings. The topological polar surface area (TPSA) is 97.8 Å². The van der Waals surface area contributed by atoms with Crippen LogP contribution in [-0.4, -0.2) is 68.4 Å². The highest BCUT2D eigenvalue weighted by atomic mass is 32.2. The number of carbonyl (C=O) groups is 1. The number of sulfonamides is 1. The zero-order chi connectivity index (χ0) is 20.4. The van der Waals surface area contributed by atoms with Crippen molar-refractivity contribution in [1.82, 2.24) is 14.6 Å². The summed E-state index contributed by atoms with van der Waals surface area (Å²) in [6.07, 6.45) is 8.23. The molecule has 1 aromatic rings. The Morgan fingerprint density at radius 1 is 1.21 bits per heavy atom. The molecule has 2 bridgehead atoms. The maximum atomic E-state index is 13.0. The van der Waals surface area contributed by atoms with Gasteiger partial charge in [0.25, 0.3) is 5.91 Å². The second-order valence-electron chi connectivity index (χ2n) is 8.29. The van der Waals surface area contributed by atoms with Gasteiger partial charge in [0.1, 0.15) is 0 Å². The van der Waals surface area contributed by atoms with Gasteiger partial charge >= 0.3 is 0 Å². The molecule has 5 rings (SSSR count). The maximum absolute atomic E-state index is 13.0. The van der Waals surface area contributed by atoms with Crippen LogP contribution in [0.3, 0.4) is 0 Å². The second kappa shape index (κ2) is 8.57. The molecule has 0 unspecified atom stereocenters. The van der Waals surface area contributed by atoms with Crippen molar-refractivity contribution in [1.29, 1.82) is 0 Å². The number of hydrogen-bond acceptors (Lipinski definition) is 6. The summed E-state index contributed by atoms with van der Waals surface area (Å²) < 4.78 is 38.5. The van der Waals surface area contributed by atoms with Crippen molar-refractivity contribution >= 4 is 15.9 Å². The fraction of sp³-hybridized carbons (Fsp3) is 0.700. The number of piperidine rings is 1. The molecular weight excluding hydrogens is 394 g/mol. The van der Waals surface area contributed by atoms with Gasteiger partial charge in [0.15, 0.2) is 6.61 Å². The average molecular weight is 424 g/mol. The van der Waals surface area contributed by atoms with Crippen LogP contribution in [0.1, 0.15) is 50.0 Å². The summed E-state index contributed by atoms with van der Waals surface area (Å²) in [6, 6.07) is 3.26. The predicted octanol–water partition coefficient (Wildman–Crippen LogP) is 1.43. The minimum absolute atomic E-state index is 0.109. The number of amides is 1. The zero-order valence-electron chi connectivity index (χ0n) is 16.7. The van der Waals surface area contributed by atoms with Crippen LogP contribution in [0, 0.1) is 0 Å². The van der Waals surface area contributed by atoms with Crippen LogP contribution in [-0.2, 0) is 19.6 Å². The molecule has 1 aromatic heterocycles. The van der Waals surface area contributed by atoms with Crippen molar-refractivity contribution in [3.05, 3.63) is 23.9 Å². The van der Waals surface area contributed by atoms with Crippen molar-refractivity contribution in [2.24, 2.45) is 0 Å². The quantitative estimate of drug-likeness (QED) is 0.773. The minimum Gasteiger partial charge on any atom is -0.467 e. The number of rotatable bonds is 2. The van der Waals surface area contributed by atoms with Gasteiger partial charge in [-0.1, -0.05) is 6.07 Å². The Hall–Kier alpha value is -1.71. The van der Waals surface area contributed by atoms with Gasteiger partial charge in [0.05, 0.1) is 25.0 Å². The lowest BCUT2D eigenvalue weighted by Crippen LogP contribution is -2.59. The molecule has 1 saturated carbocycles. The highest BCUT2D eigenvalue weighted by Gasteiger charge is 2.37. The molecule has 1 amide bonds. The first-order valence-corrected chi connectivity index (χ1v) is 12.3. The van der Waals surface area contributed by atoms with Gasteiger partial charge in [0.2, 0.25) is 15.9 Å². The highest BCUT2D eigenvalue weighted by molar-refractivity contribution is 7.88. The number of nitrogens with zero attached hydrogens (tertiary/aromatic N) is 2. The lowest BCUT2D eigenvalue weighted by atomic mass is 9.83. The number of nitrogens with one attached hydrogen (secondary N) is 1. The number of ether oxygens (including phenoxy) is 2. The summed E-state index contributed by atoms with van der Waals surface area (Å²) in [5, 5.41) is 0. The van der Waals surface area contributed by atoms with E-state index in [1.54, 1.807) is 11.1 Å². The standard InChI is InChI=1S/C20H29N3O5S/c1-29(25,26)22-17-5-3-11-23-18(17)12-27-15-8-6-14(7-9-15)16-4-2-10-21-20(16)28-13-19(23)24/h2,4,10,14-15,17-18,22H,3,5-9,11-13H2,1H3/t14-,15+,17-,18-/m0/s1. The molecule has 2 fully saturated rings. The highest BCUT2D eigenvalue weighted by Crippen LogP contribution is 2.38. The molecule has 1 N–H and O–H groups in total. The molecular formula is C20H29N3O5S. The summed E-state index contributed by atoms with van der Waals surface area (Å²) in [5.41, 5.74) is 1.06. The van der Waals surface area contributed by atoms with E-state index in [1.807, 2.05) is 12.1 Å². The molecule has 8 nitrogen and oxygen atoms in total. The number of carbonyl (C=O) groups excluding carboxylic acids is 1. The van der Waals surface area contributed by atoms with E-state index < -0.39 is 10.0 Å². The Morgan fingerprint density at radius 3 is 2.76 bits per heavy atom. The van der Waals surface area contributed by atoms with Crippen LogP contribution >= 0.6 is 0 Å². The van der Waals surface area contributed by atoms with Gasteiger partial charge in [-0.05, 0) is 50.5 Å².